The lowest BCUT2D eigenvalue weighted by Crippen LogP contribution is -1.93. The van der Waals surface area contributed by atoms with Crippen molar-refractivity contribution >= 4 is 91.2 Å². The van der Waals surface area contributed by atoms with Gasteiger partial charge in [-0.25, -0.2) is 0 Å². The maximum atomic E-state index is 6.18. The first-order chi connectivity index (χ1) is 11.4. The number of hydrogen-bond acceptors (Lipinski definition) is 2. The van der Waals surface area contributed by atoms with Crippen molar-refractivity contribution in [2.24, 2.45) is 0 Å². The molecule has 0 nitrogen and oxygen atoms in total. The van der Waals surface area contributed by atoms with Gasteiger partial charge in [0.1, 0.15) is 0 Å². The van der Waals surface area contributed by atoms with Gasteiger partial charge in [-0.05, 0) is 48.2 Å². The average Bonchev–Trinajstić information content (AvgIpc) is 2.46. The molecule has 2 aromatic carbocycles. The molecular formula is C16H12Cl6S2. The summed E-state index contributed by atoms with van der Waals surface area (Å²) in [4.78, 5) is 0. The van der Waals surface area contributed by atoms with Crippen molar-refractivity contribution in [3.05, 3.63) is 65.5 Å². The molecule has 0 radical (unpaired) electrons. The summed E-state index contributed by atoms with van der Waals surface area (Å²) < 4.78 is 0. The van der Waals surface area contributed by atoms with E-state index in [1.54, 1.807) is 45.9 Å². The van der Waals surface area contributed by atoms with Gasteiger partial charge in [-0.3, -0.25) is 0 Å². The third-order valence-electron chi connectivity index (χ3n) is 3.17. The van der Waals surface area contributed by atoms with Crippen LogP contribution in [0.4, 0.5) is 0 Å². The molecule has 0 amide bonds. The molecule has 0 spiro atoms. The van der Waals surface area contributed by atoms with Crippen LogP contribution in [0.3, 0.4) is 0 Å². The second-order valence-corrected chi connectivity index (χ2v) is 10.0. The maximum Gasteiger partial charge on any atom is 0.0467 e. The maximum absolute atomic E-state index is 6.18. The van der Waals surface area contributed by atoms with Crippen LogP contribution in [-0.4, -0.2) is 11.5 Å². The number of halogens is 6. The van der Waals surface area contributed by atoms with Crippen molar-refractivity contribution in [1.29, 1.82) is 0 Å². The Bertz CT molecular complexity index is 612. The van der Waals surface area contributed by atoms with Crippen LogP contribution in [0.5, 0.6) is 0 Å². The molecule has 0 saturated carbocycles. The van der Waals surface area contributed by atoms with E-state index in [9.17, 15) is 0 Å². The zero-order chi connectivity index (χ0) is 17.7. The van der Waals surface area contributed by atoms with Gasteiger partial charge in [-0.1, -0.05) is 91.2 Å². The fraction of sp³-hybridized carbons (Fsp3) is 0.250. The Morgan fingerprint density at radius 3 is 1.12 bits per heavy atom. The number of benzene rings is 2. The normalized spacial score (nSPS) is 11.1. The Morgan fingerprint density at radius 2 is 0.833 bits per heavy atom. The third kappa shape index (κ3) is 6.25. The van der Waals surface area contributed by atoms with Crippen LogP contribution in [0.2, 0.25) is 30.1 Å². The van der Waals surface area contributed by atoms with Crippen molar-refractivity contribution in [1.82, 2.24) is 0 Å². The summed E-state index contributed by atoms with van der Waals surface area (Å²) in [6, 6.07) is 6.86. The van der Waals surface area contributed by atoms with Gasteiger partial charge in [0.2, 0.25) is 0 Å². The largest absolute Gasteiger partial charge is 0.0938 e. The first kappa shape index (κ1) is 21.2. The molecule has 0 aromatic heterocycles. The van der Waals surface area contributed by atoms with E-state index < -0.39 is 0 Å². The summed E-state index contributed by atoms with van der Waals surface area (Å²) in [6.07, 6.45) is 1.57. The first-order valence-corrected chi connectivity index (χ1v) is 11.7. The summed E-state index contributed by atoms with van der Waals surface area (Å²) in [5, 5.41) is 3.53. The van der Waals surface area contributed by atoms with E-state index in [2.05, 4.69) is 0 Å². The summed E-state index contributed by atoms with van der Waals surface area (Å²) in [6.45, 7) is 0. The second-order valence-electron chi connectivity index (χ2n) is 4.84. The van der Waals surface area contributed by atoms with Gasteiger partial charge in [-0.2, -0.15) is 0 Å². The Morgan fingerprint density at radius 1 is 0.542 bits per heavy atom. The molecule has 2 aromatic rings. The zero-order valence-electron chi connectivity index (χ0n) is 12.2. The standard InChI is InChI=1S/C16H12Cl6S2/c17-9-5-13(19)11(14(20)6-9)1-3-23-24-4-2-12-15(21)7-10(18)8-16(12)22/h5-8H,1-4H2. The molecule has 2 rings (SSSR count). The van der Waals surface area contributed by atoms with Crippen LogP contribution in [0.1, 0.15) is 11.1 Å². The molecule has 0 heterocycles. The van der Waals surface area contributed by atoms with Gasteiger partial charge in [-0.15, -0.1) is 0 Å². The monoisotopic (exact) mass is 478 g/mol. The Labute approximate surface area is 179 Å². The zero-order valence-corrected chi connectivity index (χ0v) is 18.4. The summed E-state index contributed by atoms with van der Waals surface area (Å²) >= 11 is 36.5. The van der Waals surface area contributed by atoms with Gasteiger partial charge in [0.25, 0.3) is 0 Å². The molecule has 0 atom stereocenters. The molecule has 0 aliphatic rings. The number of hydrogen-bond donors (Lipinski definition) is 0. The summed E-state index contributed by atoms with van der Waals surface area (Å²) in [5.74, 6) is 1.79. The predicted molar refractivity (Wildman–Crippen MR) is 115 cm³/mol. The molecule has 0 bridgehead atoms. The van der Waals surface area contributed by atoms with Crippen LogP contribution >= 0.6 is 91.2 Å². The molecule has 0 fully saturated rings. The van der Waals surface area contributed by atoms with Crippen molar-refractivity contribution in [2.75, 3.05) is 11.5 Å². The predicted octanol–water partition coefficient (Wildman–Crippen LogP) is 8.77. The Balaban J connectivity index is 1.77. The van der Waals surface area contributed by atoms with E-state index in [-0.39, 0.29) is 0 Å². The lowest BCUT2D eigenvalue weighted by Gasteiger charge is -2.09. The third-order valence-corrected chi connectivity index (χ3v) is 7.36. The van der Waals surface area contributed by atoms with Gasteiger partial charge in [0, 0.05) is 41.6 Å². The molecule has 0 saturated heterocycles. The van der Waals surface area contributed by atoms with Crippen LogP contribution in [0.15, 0.2) is 24.3 Å². The molecule has 0 aliphatic carbocycles. The lowest BCUT2D eigenvalue weighted by molar-refractivity contribution is 1.16. The van der Waals surface area contributed by atoms with Crippen molar-refractivity contribution in [3.63, 3.8) is 0 Å². The smallest absolute Gasteiger partial charge is 0.0467 e. The lowest BCUT2D eigenvalue weighted by atomic mass is 10.2. The second kappa shape index (κ2) is 10.3. The minimum Gasteiger partial charge on any atom is -0.0938 e. The molecule has 130 valence electrons. The van der Waals surface area contributed by atoms with Crippen molar-refractivity contribution < 1.29 is 0 Å². The molecule has 8 heteroatoms. The van der Waals surface area contributed by atoms with E-state index in [1.807, 2.05) is 0 Å². The van der Waals surface area contributed by atoms with Gasteiger partial charge in [0.15, 0.2) is 0 Å². The van der Waals surface area contributed by atoms with Gasteiger partial charge < -0.3 is 0 Å². The quantitative estimate of drug-likeness (QED) is 0.287. The van der Waals surface area contributed by atoms with Crippen LogP contribution in [-0.2, 0) is 12.8 Å². The molecule has 0 aliphatic heterocycles. The topological polar surface area (TPSA) is 0 Å². The highest BCUT2D eigenvalue weighted by Crippen LogP contribution is 2.33. The average molecular weight is 481 g/mol. The van der Waals surface area contributed by atoms with E-state index in [0.29, 0.717) is 30.1 Å². The molecule has 0 N–H and O–H groups in total. The highest BCUT2D eigenvalue weighted by Gasteiger charge is 2.09. The Kier molecular flexibility index (Phi) is 9.07. The van der Waals surface area contributed by atoms with E-state index in [4.69, 9.17) is 69.6 Å². The minimum absolute atomic E-state index is 0.549. The number of rotatable bonds is 7. The first-order valence-electron chi connectivity index (χ1n) is 6.89. The van der Waals surface area contributed by atoms with E-state index >= 15 is 0 Å². The van der Waals surface area contributed by atoms with Crippen LogP contribution in [0, 0.1) is 0 Å². The summed E-state index contributed by atoms with van der Waals surface area (Å²) in [5.41, 5.74) is 1.86. The highest BCUT2D eigenvalue weighted by atomic mass is 35.5. The minimum atomic E-state index is 0.549. The summed E-state index contributed by atoms with van der Waals surface area (Å²) in [7, 11) is 3.52. The molecular weight excluding hydrogens is 469 g/mol. The highest BCUT2D eigenvalue weighted by molar-refractivity contribution is 8.76. The van der Waals surface area contributed by atoms with Gasteiger partial charge >= 0.3 is 0 Å². The fourth-order valence-corrected chi connectivity index (χ4v) is 6.06. The molecule has 0 unspecified atom stereocenters. The van der Waals surface area contributed by atoms with Gasteiger partial charge in [0.05, 0.1) is 0 Å². The van der Waals surface area contributed by atoms with Crippen molar-refractivity contribution in [2.45, 2.75) is 12.8 Å². The van der Waals surface area contributed by atoms with Crippen LogP contribution in [0.25, 0.3) is 0 Å². The fourth-order valence-electron chi connectivity index (χ4n) is 2.03. The van der Waals surface area contributed by atoms with E-state index in [1.165, 1.54) is 0 Å². The van der Waals surface area contributed by atoms with Crippen LogP contribution < -0.4 is 0 Å². The van der Waals surface area contributed by atoms with E-state index in [0.717, 1.165) is 35.5 Å². The molecule has 24 heavy (non-hydrogen) atoms. The SMILES string of the molecule is Clc1cc(Cl)c(CCSSCCc2c(Cl)cc(Cl)cc2Cl)c(Cl)c1. The van der Waals surface area contributed by atoms with Crippen molar-refractivity contribution in [3.8, 4) is 0 Å². The Hall–Kier alpha value is 0.880.